The quantitative estimate of drug-likeness (QED) is 0.787. The lowest BCUT2D eigenvalue weighted by Crippen LogP contribution is -2.19. The Balaban J connectivity index is 1.61. The van der Waals surface area contributed by atoms with Crippen LogP contribution in [0.15, 0.2) is 48.9 Å². The van der Waals surface area contributed by atoms with E-state index < -0.39 is 0 Å². The number of rotatable bonds is 5. The highest BCUT2D eigenvalue weighted by Crippen LogP contribution is 2.10. The minimum absolute atomic E-state index is 0.119. The predicted octanol–water partition coefficient (Wildman–Crippen LogP) is 2.38. The molecule has 1 amide bonds. The van der Waals surface area contributed by atoms with Gasteiger partial charge in [-0.2, -0.15) is 10.2 Å². The summed E-state index contributed by atoms with van der Waals surface area (Å²) in [6.45, 7) is 4.85. The molecule has 3 aromatic rings. The molecule has 6 heteroatoms. The van der Waals surface area contributed by atoms with Gasteiger partial charge in [-0.25, -0.2) is 0 Å². The van der Waals surface area contributed by atoms with Gasteiger partial charge in [0.2, 0.25) is 5.91 Å². The van der Waals surface area contributed by atoms with Gasteiger partial charge in [-0.3, -0.25) is 14.2 Å². The van der Waals surface area contributed by atoms with Crippen molar-refractivity contribution in [3.05, 3.63) is 65.7 Å². The Bertz CT molecular complexity index is 818. The molecule has 0 fully saturated rings. The SMILES string of the molecule is Cc1cccc(Cn2cc(NC(=O)Cn3nccc3C)cn2)c1. The first-order valence-electron chi connectivity index (χ1n) is 7.46. The zero-order valence-corrected chi connectivity index (χ0v) is 13.2. The largest absolute Gasteiger partial charge is 0.322 e. The molecule has 0 saturated heterocycles. The van der Waals surface area contributed by atoms with Crippen LogP contribution in [-0.4, -0.2) is 25.5 Å². The van der Waals surface area contributed by atoms with Crippen LogP contribution in [0.5, 0.6) is 0 Å². The molecule has 0 spiro atoms. The van der Waals surface area contributed by atoms with Crippen molar-refractivity contribution in [3.63, 3.8) is 0 Å². The van der Waals surface area contributed by atoms with Gasteiger partial charge in [-0.1, -0.05) is 29.8 Å². The number of hydrogen-bond donors (Lipinski definition) is 1. The third-order valence-electron chi connectivity index (χ3n) is 3.57. The van der Waals surface area contributed by atoms with Gasteiger partial charge in [0, 0.05) is 18.1 Å². The number of aromatic nitrogens is 4. The van der Waals surface area contributed by atoms with Gasteiger partial charge in [0.15, 0.2) is 0 Å². The van der Waals surface area contributed by atoms with Gasteiger partial charge < -0.3 is 5.32 Å². The second-order valence-corrected chi connectivity index (χ2v) is 5.59. The summed E-state index contributed by atoms with van der Waals surface area (Å²) >= 11 is 0. The summed E-state index contributed by atoms with van der Waals surface area (Å²) in [7, 11) is 0. The summed E-state index contributed by atoms with van der Waals surface area (Å²) in [5.74, 6) is -0.119. The summed E-state index contributed by atoms with van der Waals surface area (Å²) in [6.07, 6.45) is 5.17. The lowest BCUT2D eigenvalue weighted by Gasteiger charge is -2.05. The van der Waals surface area contributed by atoms with Crippen LogP contribution in [0.3, 0.4) is 0 Å². The van der Waals surface area contributed by atoms with Crippen LogP contribution in [0.25, 0.3) is 0 Å². The Morgan fingerprint density at radius 1 is 1.22 bits per heavy atom. The van der Waals surface area contributed by atoms with Crippen molar-refractivity contribution in [3.8, 4) is 0 Å². The van der Waals surface area contributed by atoms with E-state index in [1.165, 1.54) is 11.1 Å². The molecule has 2 heterocycles. The third-order valence-corrected chi connectivity index (χ3v) is 3.57. The first-order chi connectivity index (χ1) is 11.1. The number of nitrogens with one attached hydrogen (secondary N) is 1. The number of nitrogens with zero attached hydrogens (tertiary/aromatic N) is 4. The van der Waals surface area contributed by atoms with E-state index in [-0.39, 0.29) is 12.5 Å². The maximum atomic E-state index is 12.0. The van der Waals surface area contributed by atoms with Crippen molar-refractivity contribution < 1.29 is 4.79 Å². The second-order valence-electron chi connectivity index (χ2n) is 5.59. The fourth-order valence-electron chi connectivity index (χ4n) is 2.41. The molecular formula is C17H19N5O. The minimum atomic E-state index is -0.119. The number of aryl methyl sites for hydroxylation is 2. The molecule has 6 nitrogen and oxygen atoms in total. The van der Waals surface area contributed by atoms with Crippen LogP contribution >= 0.6 is 0 Å². The average Bonchev–Trinajstić information content (AvgIpc) is 3.09. The molecule has 0 aliphatic carbocycles. The number of carbonyl (C=O) groups excluding carboxylic acids is 1. The van der Waals surface area contributed by atoms with Gasteiger partial charge >= 0.3 is 0 Å². The molecular weight excluding hydrogens is 290 g/mol. The third kappa shape index (κ3) is 3.85. The molecule has 0 saturated carbocycles. The number of amides is 1. The maximum absolute atomic E-state index is 12.0. The fraction of sp³-hybridized carbons (Fsp3) is 0.235. The number of hydrogen-bond acceptors (Lipinski definition) is 3. The summed E-state index contributed by atoms with van der Waals surface area (Å²) < 4.78 is 3.47. The zero-order chi connectivity index (χ0) is 16.2. The zero-order valence-electron chi connectivity index (χ0n) is 13.2. The molecule has 0 radical (unpaired) electrons. The summed E-state index contributed by atoms with van der Waals surface area (Å²) in [4.78, 5) is 12.0. The molecule has 0 aliphatic rings. The Hall–Kier alpha value is -2.89. The van der Waals surface area contributed by atoms with Crippen molar-refractivity contribution in [1.82, 2.24) is 19.6 Å². The normalized spacial score (nSPS) is 10.7. The van der Waals surface area contributed by atoms with Crippen LogP contribution in [0.1, 0.15) is 16.8 Å². The van der Waals surface area contributed by atoms with Gasteiger partial charge in [0.1, 0.15) is 6.54 Å². The van der Waals surface area contributed by atoms with Crippen LogP contribution in [0.2, 0.25) is 0 Å². The Morgan fingerprint density at radius 3 is 2.83 bits per heavy atom. The molecule has 0 bridgehead atoms. The predicted molar refractivity (Wildman–Crippen MR) is 88.1 cm³/mol. The Labute approximate surface area is 134 Å². The highest BCUT2D eigenvalue weighted by molar-refractivity contribution is 5.90. The monoisotopic (exact) mass is 309 g/mol. The number of carbonyl (C=O) groups is 1. The Kier molecular flexibility index (Phi) is 4.23. The molecule has 0 unspecified atom stereocenters. The second kappa shape index (κ2) is 6.48. The summed E-state index contributed by atoms with van der Waals surface area (Å²) in [6, 6.07) is 10.2. The van der Waals surface area contributed by atoms with Crippen LogP contribution in [0.4, 0.5) is 5.69 Å². The Morgan fingerprint density at radius 2 is 2.09 bits per heavy atom. The highest BCUT2D eigenvalue weighted by Gasteiger charge is 2.07. The van der Waals surface area contributed by atoms with E-state index in [1.807, 2.05) is 29.9 Å². The summed E-state index contributed by atoms with van der Waals surface area (Å²) in [5.41, 5.74) is 4.04. The first-order valence-corrected chi connectivity index (χ1v) is 7.46. The standard InChI is InChI=1S/C17H19N5O/c1-13-4-3-5-15(8-13)10-21-11-16(9-19-21)20-17(23)12-22-14(2)6-7-18-22/h3-9,11H,10,12H2,1-2H3,(H,20,23). The van der Waals surface area contributed by atoms with Crippen LogP contribution in [0, 0.1) is 13.8 Å². The molecule has 118 valence electrons. The van der Waals surface area contributed by atoms with Crippen molar-refractivity contribution in [2.75, 3.05) is 5.32 Å². The van der Waals surface area contributed by atoms with E-state index in [9.17, 15) is 4.79 Å². The van der Waals surface area contributed by atoms with E-state index in [0.717, 1.165) is 5.69 Å². The van der Waals surface area contributed by atoms with Crippen LogP contribution in [-0.2, 0) is 17.9 Å². The fourth-order valence-corrected chi connectivity index (χ4v) is 2.41. The van der Waals surface area contributed by atoms with Gasteiger partial charge in [0.05, 0.1) is 18.4 Å². The molecule has 2 aromatic heterocycles. The van der Waals surface area contributed by atoms with Crippen molar-refractivity contribution >= 4 is 11.6 Å². The van der Waals surface area contributed by atoms with E-state index in [1.54, 1.807) is 17.1 Å². The van der Waals surface area contributed by atoms with Crippen molar-refractivity contribution in [1.29, 1.82) is 0 Å². The van der Waals surface area contributed by atoms with E-state index in [2.05, 4.69) is 40.6 Å². The van der Waals surface area contributed by atoms with E-state index in [4.69, 9.17) is 0 Å². The van der Waals surface area contributed by atoms with Gasteiger partial charge in [-0.05, 0) is 25.5 Å². The topological polar surface area (TPSA) is 64.7 Å². The molecule has 23 heavy (non-hydrogen) atoms. The smallest absolute Gasteiger partial charge is 0.246 e. The lowest BCUT2D eigenvalue weighted by molar-refractivity contribution is -0.116. The molecule has 0 aliphatic heterocycles. The summed E-state index contributed by atoms with van der Waals surface area (Å²) in [5, 5.41) is 11.2. The molecule has 1 N–H and O–H groups in total. The number of anilines is 1. The van der Waals surface area contributed by atoms with Crippen molar-refractivity contribution in [2.45, 2.75) is 26.9 Å². The highest BCUT2D eigenvalue weighted by atomic mass is 16.2. The molecule has 0 atom stereocenters. The average molecular weight is 309 g/mol. The first kappa shape index (κ1) is 15.0. The molecule has 3 rings (SSSR count). The maximum Gasteiger partial charge on any atom is 0.246 e. The van der Waals surface area contributed by atoms with E-state index in [0.29, 0.717) is 12.2 Å². The van der Waals surface area contributed by atoms with Gasteiger partial charge in [-0.15, -0.1) is 0 Å². The minimum Gasteiger partial charge on any atom is -0.322 e. The lowest BCUT2D eigenvalue weighted by atomic mass is 10.1. The van der Waals surface area contributed by atoms with Gasteiger partial charge in [0.25, 0.3) is 0 Å². The van der Waals surface area contributed by atoms with Crippen LogP contribution < -0.4 is 5.32 Å². The van der Waals surface area contributed by atoms with Crippen molar-refractivity contribution in [2.24, 2.45) is 0 Å². The van der Waals surface area contributed by atoms with E-state index >= 15 is 0 Å². The number of benzene rings is 1. The molecule has 1 aromatic carbocycles.